The number of pyridine rings is 2. The Hall–Kier alpha value is -3.08. The third-order valence-electron chi connectivity index (χ3n) is 4.30. The van der Waals surface area contributed by atoms with Crippen LogP contribution in [0.4, 0.5) is 5.95 Å². The van der Waals surface area contributed by atoms with E-state index in [1.807, 2.05) is 62.8 Å². The van der Waals surface area contributed by atoms with Gasteiger partial charge in [-0.1, -0.05) is 24.3 Å². The molecular weight excluding hydrogens is 302 g/mol. The molecule has 0 atom stereocenters. The first kappa shape index (κ1) is 14.5. The second kappa shape index (κ2) is 5.23. The summed E-state index contributed by atoms with van der Waals surface area (Å²) in [6.45, 7) is 0. The van der Waals surface area contributed by atoms with Crippen LogP contribution in [0.1, 0.15) is 10.4 Å². The van der Waals surface area contributed by atoms with Crippen molar-refractivity contribution in [3.63, 3.8) is 0 Å². The number of para-hydroxylation sites is 1. The lowest BCUT2D eigenvalue weighted by Gasteiger charge is -2.08. The zero-order valence-electron chi connectivity index (χ0n) is 13.9. The number of imidazole rings is 1. The van der Waals surface area contributed by atoms with E-state index in [0.717, 1.165) is 27.9 Å². The van der Waals surface area contributed by atoms with Gasteiger partial charge in [0.15, 0.2) is 0 Å². The van der Waals surface area contributed by atoms with E-state index in [1.54, 1.807) is 0 Å². The molecule has 0 amide bonds. The zero-order chi connectivity index (χ0) is 16.8. The van der Waals surface area contributed by atoms with E-state index in [1.165, 1.54) is 7.11 Å². The topological polar surface area (TPSA) is 38.0 Å². The van der Waals surface area contributed by atoms with E-state index < -0.39 is 0 Å². The fraction of sp³-hybridized carbons (Fsp3) is 0.158. The highest BCUT2D eigenvalue weighted by atomic mass is 16.5. The van der Waals surface area contributed by atoms with Gasteiger partial charge in [0.2, 0.25) is 0 Å². The Morgan fingerprint density at radius 3 is 2.58 bits per heavy atom. The number of carbonyl (C=O) groups is 1. The molecule has 0 aliphatic rings. The Kier molecular flexibility index (Phi) is 3.16. The average Bonchev–Trinajstić information content (AvgIpc) is 2.95. The summed E-state index contributed by atoms with van der Waals surface area (Å²) < 4.78 is 9.30. The third-order valence-corrected chi connectivity index (χ3v) is 4.30. The number of fused-ring (bicyclic) bond motifs is 5. The van der Waals surface area contributed by atoms with Crippen molar-refractivity contribution >= 4 is 33.9 Å². The summed E-state index contributed by atoms with van der Waals surface area (Å²) in [4.78, 5) is 14.4. The number of esters is 1. The summed E-state index contributed by atoms with van der Waals surface area (Å²) >= 11 is 0. The van der Waals surface area contributed by atoms with Gasteiger partial charge < -0.3 is 4.74 Å². The van der Waals surface area contributed by atoms with Crippen molar-refractivity contribution in [1.29, 1.82) is 0 Å². The van der Waals surface area contributed by atoms with Crippen molar-refractivity contribution in [2.45, 2.75) is 0 Å². The molecule has 0 saturated heterocycles. The zero-order valence-corrected chi connectivity index (χ0v) is 13.9. The van der Waals surface area contributed by atoms with Crippen LogP contribution in [0.15, 0.2) is 54.7 Å². The lowest BCUT2D eigenvalue weighted by Crippen LogP contribution is -2.29. The van der Waals surface area contributed by atoms with Gasteiger partial charge in [-0.05, 0) is 24.3 Å². The van der Waals surface area contributed by atoms with E-state index in [0.29, 0.717) is 5.56 Å². The Bertz CT molecular complexity index is 1100. The number of benzene rings is 1. The summed E-state index contributed by atoms with van der Waals surface area (Å²) in [5.74, 6) is 0.698. The number of methoxy groups -OCH3 is 1. The first-order valence-corrected chi connectivity index (χ1v) is 7.75. The van der Waals surface area contributed by atoms with Gasteiger partial charge in [0.1, 0.15) is 16.6 Å². The van der Waals surface area contributed by atoms with Crippen LogP contribution in [-0.2, 0) is 4.74 Å². The highest BCUT2D eigenvalue weighted by Gasteiger charge is 2.25. The molecule has 0 N–H and O–H groups in total. The summed E-state index contributed by atoms with van der Waals surface area (Å²) in [6, 6.07) is 15.9. The second-order valence-corrected chi connectivity index (χ2v) is 5.94. The molecule has 0 bridgehead atoms. The number of carbonyl (C=O) groups excluding carboxylic acids is 1. The van der Waals surface area contributed by atoms with Gasteiger partial charge in [-0.25, -0.2) is 9.20 Å². The SMILES string of the molecule is COC(=O)c1cc2c3cccc[n+]3c(N(C)C)n2c2ccccc12. The molecule has 0 unspecified atom stereocenters. The molecule has 1 aromatic carbocycles. The van der Waals surface area contributed by atoms with Crippen LogP contribution >= 0.6 is 0 Å². The van der Waals surface area contributed by atoms with Gasteiger partial charge in [0.25, 0.3) is 0 Å². The molecule has 3 aromatic heterocycles. The predicted octanol–water partition coefficient (Wildman–Crippen LogP) is 2.68. The van der Waals surface area contributed by atoms with Gasteiger partial charge >= 0.3 is 11.9 Å². The first-order chi connectivity index (χ1) is 11.6. The van der Waals surface area contributed by atoms with Crippen LogP contribution in [0.3, 0.4) is 0 Å². The average molecular weight is 320 g/mol. The molecule has 24 heavy (non-hydrogen) atoms. The smallest absolute Gasteiger partial charge is 0.369 e. The van der Waals surface area contributed by atoms with Crippen LogP contribution < -0.4 is 9.30 Å². The van der Waals surface area contributed by atoms with Crippen LogP contribution in [0.2, 0.25) is 0 Å². The van der Waals surface area contributed by atoms with Crippen LogP contribution in [0.25, 0.3) is 21.9 Å². The van der Waals surface area contributed by atoms with E-state index in [4.69, 9.17) is 4.74 Å². The maximum Gasteiger partial charge on any atom is 0.369 e. The molecule has 0 fully saturated rings. The van der Waals surface area contributed by atoms with Crippen molar-refractivity contribution < 1.29 is 13.9 Å². The molecule has 0 radical (unpaired) electrons. The molecule has 3 heterocycles. The summed E-state index contributed by atoms with van der Waals surface area (Å²) in [6.07, 6.45) is 2.03. The maximum atomic E-state index is 12.3. The highest BCUT2D eigenvalue weighted by molar-refractivity contribution is 6.06. The standard InChI is InChI=1S/C19H18N3O2/c1-20(2)19-21-11-7-6-10-16(21)17-12-14(18(23)24-3)13-8-4-5-9-15(13)22(17)19/h4-12H,1-3H3/q+1. The Morgan fingerprint density at radius 1 is 1.08 bits per heavy atom. The maximum absolute atomic E-state index is 12.3. The van der Waals surface area contributed by atoms with E-state index >= 15 is 0 Å². The lowest BCUT2D eigenvalue weighted by molar-refractivity contribution is -0.497. The van der Waals surface area contributed by atoms with E-state index in [2.05, 4.69) is 19.8 Å². The minimum absolute atomic E-state index is 0.324. The summed E-state index contributed by atoms with van der Waals surface area (Å²) in [5.41, 5.74) is 3.56. The van der Waals surface area contributed by atoms with Crippen molar-refractivity contribution in [2.24, 2.45) is 0 Å². The number of aromatic nitrogens is 2. The number of rotatable bonds is 2. The van der Waals surface area contributed by atoms with Crippen molar-refractivity contribution in [2.75, 3.05) is 26.1 Å². The first-order valence-electron chi connectivity index (χ1n) is 7.75. The van der Waals surface area contributed by atoms with E-state index in [-0.39, 0.29) is 5.97 Å². The molecule has 0 aliphatic heterocycles. The van der Waals surface area contributed by atoms with Crippen LogP contribution in [-0.4, -0.2) is 31.6 Å². The highest BCUT2D eigenvalue weighted by Crippen LogP contribution is 2.28. The fourth-order valence-electron chi connectivity index (χ4n) is 3.34. The Balaban J connectivity index is 2.32. The molecule has 0 spiro atoms. The molecule has 4 aromatic rings. The van der Waals surface area contributed by atoms with Gasteiger partial charge in [-0.15, -0.1) is 0 Å². The monoisotopic (exact) mass is 320 g/mol. The number of hydrogen-bond acceptors (Lipinski definition) is 3. The molecule has 5 heteroatoms. The largest absolute Gasteiger partial charge is 0.465 e. The van der Waals surface area contributed by atoms with Gasteiger partial charge in [-0.3, -0.25) is 4.90 Å². The van der Waals surface area contributed by atoms with Crippen LogP contribution in [0.5, 0.6) is 0 Å². The molecule has 120 valence electrons. The molecule has 4 rings (SSSR count). The van der Waals surface area contributed by atoms with Gasteiger partial charge in [-0.2, -0.15) is 4.40 Å². The molecule has 0 saturated carbocycles. The van der Waals surface area contributed by atoms with Crippen molar-refractivity contribution in [3.8, 4) is 0 Å². The predicted molar refractivity (Wildman–Crippen MR) is 93.7 cm³/mol. The third kappa shape index (κ3) is 1.88. The number of ether oxygens (including phenoxy) is 1. The molecule has 5 nitrogen and oxygen atoms in total. The minimum Gasteiger partial charge on any atom is -0.465 e. The van der Waals surface area contributed by atoms with Gasteiger partial charge in [0, 0.05) is 5.39 Å². The number of nitrogens with zero attached hydrogens (tertiary/aromatic N) is 3. The van der Waals surface area contributed by atoms with E-state index in [9.17, 15) is 4.79 Å². The molecular formula is C19H18N3O2+. The number of anilines is 1. The van der Waals surface area contributed by atoms with Crippen LogP contribution in [0, 0.1) is 0 Å². The lowest BCUT2D eigenvalue weighted by atomic mass is 10.1. The summed E-state index contributed by atoms with van der Waals surface area (Å²) in [5, 5.41) is 0.876. The van der Waals surface area contributed by atoms with Crippen molar-refractivity contribution in [3.05, 3.63) is 60.3 Å². The van der Waals surface area contributed by atoms with Crippen molar-refractivity contribution in [1.82, 2.24) is 4.40 Å². The normalized spacial score (nSPS) is 11.3. The molecule has 0 aliphatic carbocycles. The fourth-order valence-corrected chi connectivity index (χ4v) is 3.34. The number of hydrogen-bond donors (Lipinski definition) is 0. The Labute approximate surface area is 139 Å². The second-order valence-electron chi connectivity index (χ2n) is 5.94. The Morgan fingerprint density at radius 2 is 1.83 bits per heavy atom. The minimum atomic E-state index is -0.324. The quantitative estimate of drug-likeness (QED) is 0.421. The van der Waals surface area contributed by atoms with Gasteiger partial charge in [0.05, 0.1) is 33.0 Å². The summed E-state index contributed by atoms with van der Waals surface area (Å²) in [7, 11) is 5.45.